The molecule has 1 heterocycles. The largest absolute Gasteiger partial charge is 0.381 e. The molecule has 126 valence electrons. The maximum Gasteiger partial charge on any atom is 0.0599 e. The first-order valence-corrected chi connectivity index (χ1v) is 8.17. The SMILES string of the molecule is COC1CCN(Cc2ccc(CC(C)C)cc2)C(CN)C1.Cl. The molecule has 0 bridgehead atoms. The lowest BCUT2D eigenvalue weighted by Gasteiger charge is -2.38. The van der Waals surface area contributed by atoms with Crippen molar-refractivity contribution in [3.8, 4) is 0 Å². The van der Waals surface area contributed by atoms with Gasteiger partial charge in [-0.05, 0) is 36.3 Å². The van der Waals surface area contributed by atoms with Gasteiger partial charge in [-0.1, -0.05) is 38.1 Å². The quantitative estimate of drug-likeness (QED) is 0.872. The number of ether oxygens (including phenoxy) is 1. The van der Waals surface area contributed by atoms with E-state index in [1.165, 1.54) is 11.1 Å². The van der Waals surface area contributed by atoms with Crippen molar-refractivity contribution in [1.29, 1.82) is 0 Å². The third kappa shape index (κ3) is 5.54. The summed E-state index contributed by atoms with van der Waals surface area (Å²) in [6.07, 6.45) is 3.70. The molecule has 0 spiro atoms. The number of hydrogen-bond donors (Lipinski definition) is 1. The summed E-state index contributed by atoms with van der Waals surface area (Å²) in [4.78, 5) is 2.51. The van der Waals surface area contributed by atoms with Crippen LogP contribution < -0.4 is 5.73 Å². The van der Waals surface area contributed by atoms with Crippen LogP contribution in [0.2, 0.25) is 0 Å². The van der Waals surface area contributed by atoms with E-state index in [9.17, 15) is 0 Å². The van der Waals surface area contributed by atoms with Gasteiger partial charge in [-0.2, -0.15) is 0 Å². The Morgan fingerprint density at radius 3 is 2.41 bits per heavy atom. The standard InChI is InChI=1S/C18H30N2O.ClH/c1-14(2)10-15-4-6-16(7-5-15)13-20-9-8-18(21-3)11-17(20)12-19;/h4-7,14,17-18H,8-13,19H2,1-3H3;1H. The van der Waals surface area contributed by atoms with Gasteiger partial charge >= 0.3 is 0 Å². The highest BCUT2D eigenvalue weighted by molar-refractivity contribution is 5.85. The van der Waals surface area contributed by atoms with E-state index in [2.05, 4.69) is 43.0 Å². The van der Waals surface area contributed by atoms with E-state index in [1.54, 1.807) is 7.11 Å². The van der Waals surface area contributed by atoms with E-state index in [4.69, 9.17) is 10.5 Å². The summed E-state index contributed by atoms with van der Waals surface area (Å²) in [5.41, 5.74) is 8.76. The average molecular weight is 327 g/mol. The molecular weight excluding hydrogens is 296 g/mol. The van der Waals surface area contributed by atoms with Crippen molar-refractivity contribution in [3.05, 3.63) is 35.4 Å². The van der Waals surface area contributed by atoms with Crippen LogP contribution in [0.15, 0.2) is 24.3 Å². The monoisotopic (exact) mass is 326 g/mol. The predicted molar refractivity (Wildman–Crippen MR) is 95.5 cm³/mol. The second-order valence-corrected chi connectivity index (χ2v) is 6.66. The van der Waals surface area contributed by atoms with Crippen LogP contribution in [0.3, 0.4) is 0 Å². The summed E-state index contributed by atoms with van der Waals surface area (Å²) in [5, 5.41) is 0. The highest BCUT2D eigenvalue weighted by Gasteiger charge is 2.27. The van der Waals surface area contributed by atoms with Crippen LogP contribution in [0.4, 0.5) is 0 Å². The first-order chi connectivity index (χ1) is 10.1. The lowest BCUT2D eigenvalue weighted by Crippen LogP contribution is -2.47. The average Bonchev–Trinajstić information content (AvgIpc) is 2.49. The zero-order valence-corrected chi connectivity index (χ0v) is 14.9. The zero-order valence-electron chi connectivity index (χ0n) is 14.1. The summed E-state index contributed by atoms with van der Waals surface area (Å²) in [7, 11) is 1.81. The van der Waals surface area contributed by atoms with E-state index >= 15 is 0 Å². The van der Waals surface area contributed by atoms with Gasteiger partial charge in [0.05, 0.1) is 6.10 Å². The van der Waals surface area contributed by atoms with Crippen molar-refractivity contribution in [2.75, 3.05) is 20.2 Å². The molecule has 0 saturated carbocycles. The third-order valence-corrected chi connectivity index (χ3v) is 4.45. The molecule has 2 rings (SSSR count). The van der Waals surface area contributed by atoms with Gasteiger partial charge in [0.1, 0.15) is 0 Å². The van der Waals surface area contributed by atoms with E-state index in [0.29, 0.717) is 24.6 Å². The molecule has 22 heavy (non-hydrogen) atoms. The van der Waals surface area contributed by atoms with Gasteiger partial charge in [0.15, 0.2) is 0 Å². The molecule has 3 nitrogen and oxygen atoms in total. The molecule has 1 aromatic rings. The first-order valence-electron chi connectivity index (χ1n) is 8.17. The van der Waals surface area contributed by atoms with Gasteiger partial charge in [-0.25, -0.2) is 0 Å². The summed E-state index contributed by atoms with van der Waals surface area (Å²) in [6, 6.07) is 9.53. The summed E-state index contributed by atoms with van der Waals surface area (Å²) >= 11 is 0. The summed E-state index contributed by atoms with van der Waals surface area (Å²) < 4.78 is 5.49. The molecule has 1 aliphatic heterocycles. The minimum atomic E-state index is 0. The van der Waals surface area contributed by atoms with Crippen LogP contribution in [0.25, 0.3) is 0 Å². The molecule has 4 heteroatoms. The molecule has 1 saturated heterocycles. The van der Waals surface area contributed by atoms with Gasteiger partial charge in [0.25, 0.3) is 0 Å². The third-order valence-electron chi connectivity index (χ3n) is 4.45. The maximum atomic E-state index is 5.95. The Kier molecular flexibility index (Phi) is 8.40. The van der Waals surface area contributed by atoms with E-state index in [0.717, 1.165) is 32.4 Å². The smallest absolute Gasteiger partial charge is 0.0599 e. The number of nitrogens with two attached hydrogens (primary N) is 1. The molecule has 2 atom stereocenters. The molecule has 0 aliphatic carbocycles. The first kappa shape index (κ1) is 19.4. The van der Waals surface area contributed by atoms with Gasteiger partial charge in [-0.15, -0.1) is 12.4 Å². The van der Waals surface area contributed by atoms with Crippen LogP contribution in [0.1, 0.15) is 37.8 Å². The second kappa shape index (κ2) is 9.51. The molecule has 1 aliphatic rings. The number of nitrogens with zero attached hydrogens (tertiary/aromatic N) is 1. The molecular formula is C18H31ClN2O. The van der Waals surface area contributed by atoms with Gasteiger partial charge < -0.3 is 10.5 Å². The fraction of sp³-hybridized carbons (Fsp3) is 0.667. The number of hydrogen-bond acceptors (Lipinski definition) is 3. The van der Waals surface area contributed by atoms with Crippen molar-refractivity contribution < 1.29 is 4.74 Å². The Hall–Kier alpha value is -0.610. The highest BCUT2D eigenvalue weighted by atomic mass is 35.5. The van der Waals surface area contributed by atoms with Crippen LogP contribution in [0.5, 0.6) is 0 Å². The van der Waals surface area contributed by atoms with E-state index in [1.807, 2.05) is 0 Å². The normalized spacial score (nSPS) is 22.6. The van der Waals surface area contributed by atoms with Crippen molar-refractivity contribution in [3.63, 3.8) is 0 Å². The number of methoxy groups -OCH3 is 1. The van der Waals surface area contributed by atoms with Crippen molar-refractivity contribution in [2.45, 2.75) is 51.8 Å². The minimum Gasteiger partial charge on any atom is -0.381 e. The van der Waals surface area contributed by atoms with Crippen molar-refractivity contribution in [1.82, 2.24) is 4.90 Å². The van der Waals surface area contributed by atoms with Gasteiger partial charge in [0.2, 0.25) is 0 Å². The molecule has 0 radical (unpaired) electrons. The molecule has 1 aromatic carbocycles. The lowest BCUT2D eigenvalue weighted by atomic mass is 9.97. The topological polar surface area (TPSA) is 38.5 Å². The number of rotatable bonds is 6. The number of benzene rings is 1. The van der Waals surface area contributed by atoms with Gasteiger partial charge in [-0.3, -0.25) is 4.90 Å². The van der Waals surface area contributed by atoms with Crippen LogP contribution in [-0.2, 0) is 17.7 Å². The lowest BCUT2D eigenvalue weighted by molar-refractivity contribution is 0.0102. The van der Waals surface area contributed by atoms with Gasteiger partial charge in [0, 0.05) is 32.8 Å². The Morgan fingerprint density at radius 1 is 1.23 bits per heavy atom. The summed E-state index contributed by atoms with van der Waals surface area (Å²) in [6.45, 7) is 7.32. The minimum absolute atomic E-state index is 0. The number of likely N-dealkylation sites (tertiary alicyclic amines) is 1. The zero-order chi connectivity index (χ0) is 15.2. The van der Waals surface area contributed by atoms with Crippen LogP contribution in [0, 0.1) is 5.92 Å². The molecule has 1 fully saturated rings. The number of piperidine rings is 1. The molecule has 0 amide bonds. The molecule has 2 N–H and O–H groups in total. The Balaban J connectivity index is 0.00000242. The summed E-state index contributed by atoms with van der Waals surface area (Å²) in [5.74, 6) is 0.713. The highest BCUT2D eigenvalue weighted by Crippen LogP contribution is 2.21. The Morgan fingerprint density at radius 2 is 1.86 bits per heavy atom. The second-order valence-electron chi connectivity index (χ2n) is 6.66. The van der Waals surface area contributed by atoms with E-state index < -0.39 is 0 Å². The van der Waals surface area contributed by atoms with E-state index in [-0.39, 0.29) is 12.4 Å². The fourth-order valence-electron chi connectivity index (χ4n) is 3.22. The number of halogens is 1. The molecule has 2 unspecified atom stereocenters. The molecule has 0 aromatic heterocycles. The Bertz CT molecular complexity index is 422. The Labute approximate surface area is 141 Å². The van der Waals surface area contributed by atoms with Crippen LogP contribution in [-0.4, -0.2) is 37.2 Å². The van der Waals surface area contributed by atoms with Crippen molar-refractivity contribution >= 4 is 12.4 Å². The fourth-order valence-corrected chi connectivity index (χ4v) is 3.22. The predicted octanol–water partition coefficient (Wildman–Crippen LogP) is 3.25. The van der Waals surface area contributed by atoms with Crippen LogP contribution >= 0.6 is 12.4 Å². The van der Waals surface area contributed by atoms with Crippen molar-refractivity contribution in [2.24, 2.45) is 11.7 Å². The maximum absolute atomic E-state index is 5.95.